The first-order valence-corrected chi connectivity index (χ1v) is 10.00. The molecule has 0 radical (unpaired) electrons. The third-order valence-electron chi connectivity index (χ3n) is 4.78. The molecule has 0 N–H and O–H groups in total. The van der Waals surface area contributed by atoms with Crippen LogP contribution in [-0.4, -0.2) is 15.6 Å². The molecule has 0 unspecified atom stereocenters. The molecule has 0 fully saturated rings. The first-order valence-electron chi connectivity index (χ1n) is 10.00. The van der Waals surface area contributed by atoms with E-state index in [-0.39, 0.29) is 22.6 Å². The van der Waals surface area contributed by atoms with Crippen molar-refractivity contribution in [2.24, 2.45) is 0 Å². The lowest BCUT2D eigenvalue weighted by molar-refractivity contribution is -0.385. The summed E-state index contributed by atoms with van der Waals surface area (Å²) < 4.78 is 11.2. The Morgan fingerprint density at radius 2 is 0.971 bits per heavy atom. The molecule has 0 aliphatic heterocycles. The van der Waals surface area contributed by atoms with Crippen LogP contribution in [0.4, 0.5) is 11.4 Å². The van der Waals surface area contributed by atoms with E-state index in [2.05, 4.69) is 0 Å². The van der Waals surface area contributed by atoms with Gasteiger partial charge in [0.25, 0.3) is 0 Å². The number of nitro groups is 2. The zero-order chi connectivity index (χ0) is 24.1. The molecule has 4 rings (SSSR count). The van der Waals surface area contributed by atoms with Gasteiger partial charge < -0.3 is 9.47 Å². The summed E-state index contributed by atoms with van der Waals surface area (Å²) in [5, 5.41) is 23.2. The lowest BCUT2D eigenvalue weighted by Gasteiger charge is -2.09. The maximum atomic E-state index is 13.0. The summed E-state index contributed by atoms with van der Waals surface area (Å²) in [5.74, 6) is 0.100. The Morgan fingerprint density at radius 3 is 1.32 bits per heavy atom. The van der Waals surface area contributed by atoms with Crippen LogP contribution in [0.1, 0.15) is 15.9 Å². The molecule has 0 saturated carbocycles. The number of para-hydroxylation sites is 2. The van der Waals surface area contributed by atoms with Gasteiger partial charge in [0.05, 0.1) is 9.85 Å². The Morgan fingerprint density at radius 1 is 0.588 bits per heavy atom. The largest absolute Gasteiger partial charge is 0.450 e. The average molecular weight is 456 g/mol. The molecular weight excluding hydrogens is 440 g/mol. The fourth-order valence-electron chi connectivity index (χ4n) is 3.17. The lowest BCUT2D eigenvalue weighted by Crippen LogP contribution is -2.04. The van der Waals surface area contributed by atoms with Gasteiger partial charge >= 0.3 is 11.4 Å². The van der Waals surface area contributed by atoms with Crippen molar-refractivity contribution >= 4 is 17.2 Å². The van der Waals surface area contributed by atoms with E-state index in [4.69, 9.17) is 9.47 Å². The second-order valence-corrected chi connectivity index (χ2v) is 7.04. The first-order chi connectivity index (χ1) is 16.4. The minimum Gasteiger partial charge on any atom is -0.450 e. The average Bonchev–Trinajstić information content (AvgIpc) is 2.85. The molecule has 0 aliphatic rings. The van der Waals surface area contributed by atoms with Crippen LogP contribution in [0.2, 0.25) is 0 Å². The summed E-state index contributed by atoms with van der Waals surface area (Å²) in [6, 6.07) is 24.5. The lowest BCUT2D eigenvalue weighted by atomic mass is 10.0. The number of ketones is 1. The van der Waals surface area contributed by atoms with Crippen molar-refractivity contribution in [2.45, 2.75) is 0 Å². The minimum atomic E-state index is -0.658. The van der Waals surface area contributed by atoms with E-state index in [1.165, 1.54) is 24.3 Å². The molecule has 0 bridgehead atoms. The fourth-order valence-corrected chi connectivity index (χ4v) is 3.17. The maximum Gasteiger partial charge on any atom is 0.312 e. The van der Waals surface area contributed by atoms with Crippen LogP contribution in [0.5, 0.6) is 23.0 Å². The topological polar surface area (TPSA) is 122 Å². The number of hydrogen-bond acceptors (Lipinski definition) is 7. The van der Waals surface area contributed by atoms with Crippen molar-refractivity contribution in [3.63, 3.8) is 0 Å². The van der Waals surface area contributed by atoms with Gasteiger partial charge in [-0.1, -0.05) is 36.4 Å². The summed E-state index contributed by atoms with van der Waals surface area (Å²) in [4.78, 5) is 34.9. The van der Waals surface area contributed by atoms with Crippen molar-refractivity contribution in [3.8, 4) is 23.0 Å². The zero-order valence-electron chi connectivity index (χ0n) is 17.5. The number of carbonyl (C=O) groups excluding carboxylic acids is 1. The highest BCUT2D eigenvalue weighted by Gasteiger charge is 2.23. The van der Waals surface area contributed by atoms with E-state index in [1.807, 2.05) is 0 Å². The molecule has 4 aromatic rings. The SMILES string of the molecule is O=C(c1ccc(Oc2ccccc2)c([N+](=O)[O-])c1)c1ccc(Oc2ccccc2)c([N+](=O)[O-])c1. The third-order valence-corrected chi connectivity index (χ3v) is 4.78. The number of ether oxygens (including phenoxy) is 2. The van der Waals surface area contributed by atoms with E-state index in [9.17, 15) is 25.0 Å². The Labute approximate surface area is 193 Å². The number of carbonyl (C=O) groups is 1. The first kappa shape index (κ1) is 22.2. The Hall–Kier alpha value is -5.05. The smallest absolute Gasteiger partial charge is 0.312 e. The van der Waals surface area contributed by atoms with Crippen LogP contribution in [0, 0.1) is 20.2 Å². The summed E-state index contributed by atoms with van der Waals surface area (Å²) in [7, 11) is 0. The number of hydrogen-bond donors (Lipinski definition) is 0. The highest BCUT2D eigenvalue weighted by molar-refractivity contribution is 6.10. The maximum absolute atomic E-state index is 13.0. The van der Waals surface area contributed by atoms with Gasteiger partial charge in [-0.25, -0.2) is 0 Å². The molecule has 0 heterocycles. The highest BCUT2D eigenvalue weighted by Crippen LogP contribution is 2.35. The van der Waals surface area contributed by atoms with E-state index in [1.54, 1.807) is 60.7 Å². The van der Waals surface area contributed by atoms with Crippen molar-refractivity contribution in [3.05, 3.63) is 128 Å². The zero-order valence-corrected chi connectivity index (χ0v) is 17.5. The number of nitro benzene ring substituents is 2. The van der Waals surface area contributed by atoms with Gasteiger partial charge in [0.2, 0.25) is 11.5 Å². The molecule has 0 atom stereocenters. The van der Waals surface area contributed by atoms with Crippen LogP contribution in [0.3, 0.4) is 0 Å². The monoisotopic (exact) mass is 456 g/mol. The van der Waals surface area contributed by atoms with Gasteiger partial charge in [-0.05, 0) is 48.5 Å². The van der Waals surface area contributed by atoms with E-state index >= 15 is 0 Å². The number of rotatable bonds is 8. The minimum absolute atomic E-state index is 0.0156. The van der Waals surface area contributed by atoms with Crippen molar-refractivity contribution in [1.29, 1.82) is 0 Å². The van der Waals surface area contributed by atoms with E-state index < -0.39 is 27.0 Å². The van der Waals surface area contributed by atoms with Crippen LogP contribution >= 0.6 is 0 Å². The summed E-state index contributed by atoms with van der Waals surface area (Å²) in [5.41, 5.74) is -0.849. The number of nitrogens with zero attached hydrogens (tertiary/aromatic N) is 2. The molecule has 0 aliphatic carbocycles. The molecule has 0 saturated heterocycles. The van der Waals surface area contributed by atoms with Gasteiger partial charge in [0.1, 0.15) is 11.5 Å². The molecule has 0 amide bonds. The molecule has 0 spiro atoms. The van der Waals surface area contributed by atoms with Crippen molar-refractivity contribution in [1.82, 2.24) is 0 Å². The van der Waals surface area contributed by atoms with Gasteiger partial charge in [-0.2, -0.15) is 0 Å². The molecule has 34 heavy (non-hydrogen) atoms. The van der Waals surface area contributed by atoms with E-state index in [0.717, 1.165) is 12.1 Å². The van der Waals surface area contributed by atoms with Gasteiger partial charge in [-0.15, -0.1) is 0 Å². The van der Waals surface area contributed by atoms with Crippen LogP contribution in [-0.2, 0) is 0 Å². The van der Waals surface area contributed by atoms with Crippen LogP contribution in [0.25, 0.3) is 0 Å². The second-order valence-electron chi connectivity index (χ2n) is 7.04. The molecule has 4 aromatic carbocycles. The van der Waals surface area contributed by atoms with E-state index in [0.29, 0.717) is 11.5 Å². The Kier molecular flexibility index (Phi) is 6.26. The van der Waals surface area contributed by atoms with Crippen LogP contribution in [0.15, 0.2) is 97.1 Å². The normalized spacial score (nSPS) is 10.4. The quantitative estimate of drug-likeness (QED) is 0.173. The third kappa shape index (κ3) is 4.89. The predicted molar refractivity (Wildman–Crippen MR) is 123 cm³/mol. The second kappa shape index (κ2) is 9.61. The summed E-state index contributed by atoms with van der Waals surface area (Å²) in [6.45, 7) is 0. The molecule has 0 aromatic heterocycles. The van der Waals surface area contributed by atoms with Crippen molar-refractivity contribution in [2.75, 3.05) is 0 Å². The predicted octanol–water partition coefficient (Wildman–Crippen LogP) is 6.32. The fraction of sp³-hybridized carbons (Fsp3) is 0. The standard InChI is InChI=1S/C25H16N2O7/c28-25(17-11-13-23(21(15-17)26(29)30)33-19-7-3-1-4-8-19)18-12-14-24(22(16-18)27(31)32)34-20-9-5-2-6-10-20/h1-16H. The molecular formula is C25H16N2O7. The summed E-state index contributed by atoms with van der Waals surface area (Å²) in [6.07, 6.45) is 0. The Bertz CT molecular complexity index is 1270. The highest BCUT2D eigenvalue weighted by atomic mass is 16.6. The van der Waals surface area contributed by atoms with Crippen molar-refractivity contribution < 1.29 is 24.1 Å². The van der Waals surface area contributed by atoms with Gasteiger partial charge in [-0.3, -0.25) is 25.0 Å². The Balaban J connectivity index is 1.65. The summed E-state index contributed by atoms with van der Waals surface area (Å²) >= 11 is 0. The molecule has 9 heteroatoms. The number of benzene rings is 4. The van der Waals surface area contributed by atoms with Gasteiger partial charge in [0.15, 0.2) is 5.78 Å². The van der Waals surface area contributed by atoms with Gasteiger partial charge in [0, 0.05) is 23.3 Å². The molecule has 168 valence electrons. The van der Waals surface area contributed by atoms with Crippen LogP contribution < -0.4 is 9.47 Å². The molecule has 9 nitrogen and oxygen atoms in total.